The number of benzene rings is 3. The lowest BCUT2D eigenvalue weighted by atomic mass is 10.0. The largest absolute Gasteiger partial charge is 0.504 e. The Morgan fingerprint density at radius 3 is 2.37 bits per heavy atom. The molecule has 1 aliphatic heterocycles. The van der Waals surface area contributed by atoms with Crippen LogP contribution in [0.3, 0.4) is 0 Å². The first kappa shape index (κ1) is 16.8. The van der Waals surface area contributed by atoms with Crippen molar-refractivity contribution in [2.24, 2.45) is 0 Å². The molecule has 0 bridgehead atoms. The van der Waals surface area contributed by atoms with E-state index in [4.69, 9.17) is 4.74 Å². The number of anilines is 2. The van der Waals surface area contributed by atoms with Crippen molar-refractivity contribution in [3.63, 3.8) is 0 Å². The number of aryl methyl sites for hydroxylation is 2. The Labute approximate surface area is 155 Å². The third-order valence-electron chi connectivity index (χ3n) is 4.52. The summed E-state index contributed by atoms with van der Waals surface area (Å²) in [5, 5.41) is 31.4. The molecular formula is C21H17NO5. The van der Waals surface area contributed by atoms with Crippen molar-refractivity contribution in [1.82, 2.24) is 0 Å². The Balaban J connectivity index is 1.54. The van der Waals surface area contributed by atoms with Crippen LogP contribution in [0.2, 0.25) is 0 Å². The summed E-state index contributed by atoms with van der Waals surface area (Å²) in [6, 6.07) is 15.4. The first-order chi connectivity index (χ1) is 13.0. The number of carbonyl (C=O) groups is 1. The smallest absolute Gasteiger partial charge is 0.337 e. The van der Waals surface area contributed by atoms with E-state index < -0.39 is 5.97 Å². The molecular weight excluding hydrogens is 346 g/mol. The molecule has 3 aromatic carbocycles. The fourth-order valence-corrected chi connectivity index (χ4v) is 3.10. The van der Waals surface area contributed by atoms with Gasteiger partial charge in [-0.05, 0) is 60.4 Å². The van der Waals surface area contributed by atoms with Crippen molar-refractivity contribution >= 4 is 17.3 Å². The van der Waals surface area contributed by atoms with Crippen LogP contribution in [-0.2, 0) is 12.8 Å². The van der Waals surface area contributed by atoms with Crippen LogP contribution < -0.4 is 10.1 Å². The number of fused-ring (bicyclic) bond motifs is 2. The van der Waals surface area contributed by atoms with E-state index in [1.165, 1.54) is 12.1 Å². The molecule has 0 spiro atoms. The zero-order valence-corrected chi connectivity index (χ0v) is 14.3. The maximum atomic E-state index is 11.4. The summed E-state index contributed by atoms with van der Waals surface area (Å²) in [5.41, 5.74) is 3.28. The second kappa shape index (κ2) is 6.57. The van der Waals surface area contributed by atoms with Crippen molar-refractivity contribution in [3.05, 3.63) is 71.3 Å². The van der Waals surface area contributed by atoms with E-state index in [9.17, 15) is 20.1 Å². The molecule has 1 aliphatic rings. The Kier molecular flexibility index (Phi) is 4.08. The SMILES string of the molecule is O=C(O)c1cccc2c1Nc1ccc(CCc3ccc(O)c(O)c3)cc1O2. The molecule has 4 rings (SSSR count). The van der Waals surface area contributed by atoms with Crippen molar-refractivity contribution in [1.29, 1.82) is 0 Å². The number of phenols is 2. The van der Waals surface area contributed by atoms with Crippen LogP contribution in [0.15, 0.2) is 54.6 Å². The average Bonchev–Trinajstić information content (AvgIpc) is 2.66. The average molecular weight is 363 g/mol. The number of para-hydroxylation sites is 1. The summed E-state index contributed by atoms with van der Waals surface area (Å²) in [6.45, 7) is 0. The minimum absolute atomic E-state index is 0.128. The summed E-state index contributed by atoms with van der Waals surface area (Å²) < 4.78 is 5.90. The van der Waals surface area contributed by atoms with Crippen LogP contribution >= 0.6 is 0 Å². The minimum atomic E-state index is -1.01. The van der Waals surface area contributed by atoms with Gasteiger partial charge in [0.05, 0.1) is 16.9 Å². The quantitative estimate of drug-likeness (QED) is 0.400. The maximum Gasteiger partial charge on any atom is 0.337 e. The van der Waals surface area contributed by atoms with Crippen molar-refractivity contribution in [3.8, 4) is 23.0 Å². The third-order valence-corrected chi connectivity index (χ3v) is 4.52. The number of carboxylic acids is 1. The number of rotatable bonds is 4. The van der Waals surface area contributed by atoms with Gasteiger partial charge in [0.1, 0.15) is 0 Å². The highest BCUT2D eigenvalue weighted by Crippen LogP contribution is 2.44. The van der Waals surface area contributed by atoms with Gasteiger partial charge in [-0.1, -0.05) is 18.2 Å². The first-order valence-electron chi connectivity index (χ1n) is 8.46. The van der Waals surface area contributed by atoms with Gasteiger partial charge in [-0.2, -0.15) is 0 Å². The number of aromatic hydroxyl groups is 2. The van der Waals surface area contributed by atoms with Crippen molar-refractivity contribution in [2.45, 2.75) is 12.8 Å². The standard InChI is InChI=1S/C21H17NO5/c23-16-9-7-12(10-17(16)24)4-5-13-6-8-15-19(11-13)27-18-3-1-2-14(21(25)26)20(18)22-15/h1-3,6-11,22-24H,4-5H2,(H,25,26). The molecule has 3 aromatic rings. The van der Waals surface area contributed by atoms with Gasteiger partial charge in [-0.25, -0.2) is 4.79 Å². The summed E-state index contributed by atoms with van der Waals surface area (Å²) in [5.74, 6) is -0.165. The Morgan fingerprint density at radius 2 is 1.63 bits per heavy atom. The summed E-state index contributed by atoms with van der Waals surface area (Å²) in [6.07, 6.45) is 1.42. The molecule has 4 N–H and O–H groups in total. The number of hydrogen-bond acceptors (Lipinski definition) is 5. The molecule has 0 unspecified atom stereocenters. The third kappa shape index (κ3) is 3.25. The zero-order chi connectivity index (χ0) is 19.0. The molecule has 0 amide bonds. The van der Waals surface area contributed by atoms with Crippen LogP contribution in [0.4, 0.5) is 11.4 Å². The Hall–Kier alpha value is -3.67. The molecule has 0 aromatic heterocycles. The van der Waals surface area contributed by atoms with Gasteiger partial charge < -0.3 is 25.4 Å². The van der Waals surface area contributed by atoms with Crippen LogP contribution in [0, 0.1) is 0 Å². The normalized spacial score (nSPS) is 11.7. The monoisotopic (exact) mass is 363 g/mol. The van der Waals surface area contributed by atoms with Gasteiger partial charge in [0.25, 0.3) is 0 Å². The molecule has 0 aliphatic carbocycles. The van der Waals surface area contributed by atoms with E-state index in [0.717, 1.165) is 17.5 Å². The van der Waals surface area contributed by atoms with E-state index in [0.29, 0.717) is 29.3 Å². The highest BCUT2D eigenvalue weighted by molar-refractivity contribution is 5.98. The minimum Gasteiger partial charge on any atom is -0.504 e. The number of phenolic OH excluding ortho intramolecular Hbond substituents is 2. The fourth-order valence-electron chi connectivity index (χ4n) is 3.10. The highest BCUT2D eigenvalue weighted by atomic mass is 16.5. The van der Waals surface area contributed by atoms with Gasteiger partial charge in [0.2, 0.25) is 0 Å². The molecule has 0 saturated carbocycles. The summed E-state index contributed by atoms with van der Waals surface area (Å²) in [7, 11) is 0. The molecule has 27 heavy (non-hydrogen) atoms. The van der Waals surface area contributed by atoms with E-state index in [1.54, 1.807) is 24.3 Å². The molecule has 0 atom stereocenters. The molecule has 0 saturated heterocycles. The lowest BCUT2D eigenvalue weighted by Crippen LogP contribution is -2.09. The van der Waals surface area contributed by atoms with Crippen molar-refractivity contribution in [2.75, 3.05) is 5.32 Å². The number of hydrogen-bond donors (Lipinski definition) is 4. The second-order valence-corrected chi connectivity index (χ2v) is 6.36. The molecule has 1 heterocycles. The summed E-state index contributed by atoms with van der Waals surface area (Å²) >= 11 is 0. The van der Waals surface area contributed by atoms with Gasteiger partial charge in [-0.3, -0.25) is 0 Å². The highest BCUT2D eigenvalue weighted by Gasteiger charge is 2.22. The van der Waals surface area contributed by atoms with E-state index in [1.807, 2.05) is 18.2 Å². The van der Waals surface area contributed by atoms with Gasteiger partial charge in [-0.15, -0.1) is 0 Å². The Bertz CT molecular complexity index is 1040. The van der Waals surface area contributed by atoms with Crippen LogP contribution in [-0.4, -0.2) is 21.3 Å². The number of carboxylic acid groups (broad SMARTS) is 1. The molecule has 0 radical (unpaired) electrons. The second-order valence-electron chi connectivity index (χ2n) is 6.36. The molecule has 0 fully saturated rings. The topological polar surface area (TPSA) is 99.0 Å². The van der Waals surface area contributed by atoms with E-state index >= 15 is 0 Å². The number of aromatic carboxylic acids is 1. The first-order valence-corrected chi connectivity index (χ1v) is 8.46. The number of nitrogens with one attached hydrogen (secondary N) is 1. The van der Waals surface area contributed by atoms with Gasteiger partial charge in [0.15, 0.2) is 23.0 Å². The van der Waals surface area contributed by atoms with E-state index in [-0.39, 0.29) is 17.1 Å². The lowest BCUT2D eigenvalue weighted by Gasteiger charge is -2.23. The van der Waals surface area contributed by atoms with Crippen LogP contribution in [0.5, 0.6) is 23.0 Å². The van der Waals surface area contributed by atoms with Gasteiger partial charge >= 0.3 is 5.97 Å². The van der Waals surface area contributed by atoms with Crippen molar-refractivity contribution < 1.29 is 24.9 Å². The molecule has 6 nitrogen and oxygen atoms in total. The zero-order valence-electron chi connectivity index (χ0n) is 14.3. The van der Waals surface area contributed by atoms with Crippen LogP contribution in [0.25, 0.3) is 0 Å². The fraction of sp³-hybridized carbons (Fsp3) is 0.0952. The summed E-state index contributed by atoms with van der Waals surface area (Å²) in [4.78, 5) is 11.4. The van der Waals surface area contributed by atoms with E-state index in [2.05, 4.69) is 5.32 Å². The predicted octanol–water partition coefficient (Wildman–Crippen LogP) is 4.43. The molecule has 6 heteroatoms. The number of ether oxygens (including phenoxy) is 1. The van der Waals surface area contributed by atoms with Crippen LogP contribution in [0.1, 0.15) is 21.5 Å². The Morgan fingerprint density at radius 1 is 0.889 bits per heavy atom. The molecule has 136 valence electrons. The maximum absolute atomic E-state index is 11.4. The lowest BCUT2D eigenvalue weighted by molar-refractivity contribution is 0.0697. The van der Waals surface area contributed by atoms with Gasteiger partial charge in [0, 0.05) is 0 Å². The predicted molar refractivity (Wildman–Crippen MR) is 100 cm³/mol.